The lowest BCUT2D eigenvalue weighted by Crippen LogP contribution is -2.31. The van der Waals surface area contributed by atoms with Gasteiger partial charge in [0.05, 0.1) is 23.4 Å². The van der Waals surface area contributed by atoms with Crippen LogP contribution >= 0.6 is 0 Å². The minimum atomic E-state index is -0.533. The summed E-state index contributed by atoms with van der Waals surface area (Å²) in [6, 6.07) is 16.0. The number of allylic oxidation sites excluding steroid dienone is 2. The number of carbonyl (C=O) groups is 4. The number of amides is 3. The summed E-state index contributed by atoms with van der Waals surface area (Å²) in [6.07, 6.45) is 4.66. The van der Waals surface area contributed by atoms with Gasteiger partial charge in [0, 0.05) is 19.5 Å². The lowest BCUT2D eigenvalue weighted by Gasteiger charge is -2.22. The first kappa shape index (κ1) is 22.1. The molecule has 5 rings (SSSR count). The summed E-state index contributed by atoms with van der Waals surface area (Å²) < 4.78 is 5.51. The van der Waals surface area contributed by atoms with Crippen LogP contribution in [0.3, 0.4) is 0 Å². The Balaban J connectivity index is 1.22. The zero-order chi connectivity index (χ0) is 23.8. The van der Waals surface area contributed by atoms with Crippen LogP contribution in [0.5, 0.6) is 5.75 Å². The molecule has 0 spiro atoms. The molecule has 2 saturated heterocycles. The van der Waals surface area contributed by atoms with Crippen LogP contribution < -0.4 is 9.64 Å². The van der Waals surface area contributed by atoms with Gasteiger partial charge in [-0.1, -0.05) is 49.4 Å². The molecule has 2 aromatic rings. The highest BCUT2D eigenvalue weighted by atomic mass is 16.5. The van der Waals surface area contributed by atoms with Crippen molar-refractivity contribution in [2.24, 2.45) is 23.7 Å². The molecule has 0 N–H and O–H groups in total. The van der Waals surface area contributed by atoms with Crippen LogP contribution in [0.2, 0.25) is 0 Å². The Hall–Kier alpha value is -3.74. The van der Waals surface area contributed by atoms with E-state index in [0.717, 1.165) is 5.56 Å². The fourth-order valence-electron chi connectivity index (χ4n) is 5.15. The first-order valence-corrected chi connectivity index (χ1v) is 11.6. The number of hydrogen-bond donors (Lipinski definition) is 0. The number of benzene rings is 2. The highest BCUT2D eigenvalue weighted by Gasteiger charge is 2.50. The number of nitrogens with zero attached hydrogens (tertiary/aromatic N) is 2. The van der Waals surface area contributed by atoms with Crippen molar-refractivity contribution >= 4 is 29.4 Å². The first-order chi connectivity index (χ1) is 16.4. The van der Waals surface area contributed by atoms with Crippen LogP contribution in [0, 0.1) is 23.7 Å². The third kappa shape index (κ3) is 4.02. The van der Waals surface area contributed by atoms with Gasteiger partial charge in [-0.05, 0) is 42.2 Å². The summed E-state index contributed by atoms with van der Waals surface area (Å²) in [4.78, 5) is 53.8. The molecule has 7 nitrogen and oxygen atoms in total. The molecule has 2 aliphatic heterocycles. The second-order valence-corrected chi connectivity index (χ2v) is 9.24. The van der Waals surface area contributed by atoms with Crippen molar-refractivity contribution in [1.29, 1.82) is 0 Å². The molecule has 0 unspecified atom stereocenters. The summed E-state index contributed by atoms with van der Waals surface area (Å²) in [6.45, 7) is 2.74. The van der Waals surface area contributed by atoms with Gasteiger partial charge in [0.25, 0.3) is 0 Å². The maximum atomic E-state index is 12.9. The maximum absolute atomic E-state index is 12.9. The number of anilines is 1. The number of carbonyl (C=O) groups excluding carboxylic acids is 4. The van der Waals surface area contributed by atoms with E-state index in [1.807, 2.05) is 49.4 Å². The average molecular weight is 459 g/mol. The molecule has 3 amide bonds. The van der Waals surface area contributed by atoms with Crippen molar-refractivity contribution in [2.45, 2.75) is 26.3 Å². The van der Waals surface area contributed by atoms with Gasteiger partial charge in [-0.2, -0.15) is 0 Å². The van der Waals surface area contributed by atoms with Crippen LogP contribution in [0.15, 0.2) is 66.7 Å². The predicted octanol–water partition coefficient (Wildman–Crippen LogP) is 3.34. The molecule has 0 radical (unpaired) electrons. The average Bonchev–Trinajstić information content (AvgIpc) is 3.32. The van der Waals surface area contributed by atoms with Crippen LogP contribution in [0.4, 0.5) is 5.69 Å². The van der Waals surface area contributed by atoms with E-state index in [2.05, 4.69) is 0 Å². The zero-order valence-corrected chi connectivity index (χ0v) is 18.9. The van der Waals surface area contributed by atoms with E-state index >= 15 is 0 Å². The highest BCUT2D eigenvalue weighted by Crippen LogP contribution is 2.40. The number of rotatable bonds is 5. The van der Waals surface area contributed by atoms with Gasteiger partial charge in [-0.3, -0.25) is 24.1 Å². The van der Waals surface area contributed by atoms with E-state index in [4.69, 9.17) is 4.74 Å². The molecule has 7 heteroatoms. The molecule has 2 heterocycles. The molecule has 0 aromatic heterocycles. The standard InChI is InChI=1S/C27H26N2O5/c1-17-6-5-9-22-24(17)26(32)29(25(22)31)20-10-12-21(13-11-20)34-27(33)19-14-23(30)28(16-19)15-18-7-3-2-4-8-18/h2-8,10-13,17,19,22,24H,9,14-16H2,1H3/t17-,19-,22+,24-/m1/s1. The van der Waals surface area contributed by atoms with Crippen molar-refractivity contribution in [1.82, 2.24) is 4.90 Å². The third-order valence-electron chi connectivity index (χ3n) is 6.95. The quantitative estimate of drug-likeness (QED) is 0.297. The summed E-state index contributed by atoms with van der Waals surface area (Å²) in [5, 5.41) is 0. The SMILES string of the molecule is C[C@@H]1C=CC[C@@H]2C(=O)N(c3ccc(OC(=O)[C@@H]4CC(=O)N(Cc5ccccc5)C4)cc3)C(=O)[C@H]12. The predicted molar refractivity (Wildman–Crippen MR) is 124 cm³/mol. The van der Waals surface area contributed by atoms with Crippen molar-refractivity contribution in [3.8, 4) is 5.75 Å². The van der Waals surface area contributed by atoms with E-state index in [1.54, 1.807) is 29.2 Å². The van der Waals surface area contributed by atoms with Gasteiger partial charge < -0.3 is 9.64 Å². The molecule has 2 fully saturated rings. The molecule has 1 aliphatic carbocycles. The molecule has 174 valence electrons. The Bertz CT molecular complexity index is 1160. The molecule has 0 saturated carbocycles. The maximum Gasteiger partial charge on any atom is 0.316 e. The number of likely N-dealkylation sites (tertiary alicyclic amines) is 1. The smallest absolute Gasteiger partial charge is 0.316 e. The Morgan fingerprint density at radius 3 is 2.44 bits per heavy atom. The van der Waals surface area contributed by atoms with Crippen LogP contribution in [-0.4, -0.2) is 35.1 Å². The topological polar surface area (TPSA) is 84.0 Å². The van der Waals surface area contributed by atoms with E-state index < -0.39 is 11.9 Å². The monoisotopic (exact) mass is 458 g/mol. The van der Waals surface area contributed by atoms with Crippen molar-refractivity contribution in [3.63, 3.8) is 0 Å². The largest absolute Gasteiger partial charge is 0.426 e. The van der Waals surface area contributed by atoms with E-state index in [1.165, 1.54) is 4.90 Å². The number of fused-ring (bicyclic) bond motifs is 1. The number of esters is 1. The number of imide groups is 1. The van der Waals surface area contributed by atoms with Crippen LogP contribution in [0.25, 0.3) is 0 Å². The van der Waals surface area contributed by atoms with E-state index in [9.17, 15) is 19.2 Å². The Morgan fingerprint density at radius 1 is 1.00 bits per heavy atom. The summed E-state index contributed by atoms with van der Waals surface area (Å²) >= 11 is 0. The Labute approximate surface area is 198 Å². The molecule has 34 heavy (non-hydrogen) atoms. The summed E-state index contributed by atoms with van der Waals surface area (Å²) in [5.41, 5.74) is 1.48. The van der Waals surface area contributed by atoms with Crippen LogP contribution in [-0.2, 0) is 25.7 Å². The summed E-state index contributed by atoms with van der Waals surface area (Å²) in [5.74, 6) is -1.73. The molecular weight excluding hydrogens is 432 g/mol. The second kappa shape index (κ2) is 8.89. The van der Waals surface area contributed by atoms with Gasteiger partial charge in [0.2, 0.25) is 17.7 Å². The molecule has 3 aliphatic rings. The first-order valence-electron chi connectivity index (χ1n) is 11.6. The van der Waals surface area contributed by atoms with Crippen molar-refractivity contribution in [3.05, 3.63) is 72.3 Å². The van der Waals surface area contributed by atoms with Gasteiger partial charge >= 0.3 is 5.97 Å². The number of ether oxygens (including phenoxy) is 1. The highest BCUT2D eigenvalue weighted by molar-refractivity contribution is 6.22. The molecular formula is C27H26N2O5. The van der Waals surface area contributed by atoms with Gasteiger partial charge in [-0.15, -0.1) is 0 Å². The molecule has 4 atom stereocenters. The zero-order valence-electron chi connectivity index (χ0n) is 18.9. The Morgan fingerprint density at radius 2 is 1.74 bits per heavy atom. The van der Waals surface area contributed by atoms with E-state index in [-0.39, 0.29) is 41.9 Å². The molecule has 2 aromatic carbocycles. The second-order valence-electron chi connectivity index (χ2n) is 9.24. The van der Waals surface area contributed by atoms with Gasteiger partial charge in [0.15, 0.2) is 0 Å². The lowest BCUT2D eigenvalue weighted by molar-refractivity contribution is -0.139. The van der Waals surface area contributed by atoms with Crippen molar-refractivity contribution < 1.29 is 23.9 Å². The minimum Gasteiger partial charge on any atom is -0.426 e. The van der Waals surface area contributed by atoms with Crippen LogP contribution in [0.1, 0.15) is 25.3 Å². The normalized spacial score (nSPS) is 26.2. The lowest BCUT2D eigenvalue weighted by atomic mass is 9.78. The fourth-order valence-corrected chi connectivity index (χ4v) is 5.15. The fraction of sp³-hybridized carbons (Fsp3) is 0.333. The van der Waals surface area contributed by atoms with Gasteiger partial charge in [-0.25, -0.2) is 0 Å². The number of hydrogen-bond acceptors (Lipinski definition) is 5. The van der Waals surface area contributed by atoms with Crippen molar-refractivity contribution in [2.75, 3.05) is 11.4 Å². The summed E-state index contributed by atoms with van der Waals surface area (Å²) in [7, 11) is 0. The third-order valence-corrected chi connectivity index (χ3v) is 6.95. The van der Waals surface area contributed by atoms with E-state index in [0.29, 0.717) is 30.9 Å². The molecule has 0 bridgehead atoms. The van der Waals surface area contributed by atoms with Gasteiger partial charge in [0.1, 0.15) is 5.75 Å². The minimum absolute atomic E-state index is 0.0241. The Kier molecular flexibility index (Phi) is 5.77.